The van der Waals surface area contributed by atoms with Gasteiger partial charge in [-0.15, -0.1) is 0 Å². The van der Waals surface area contributed by atoms with E-state index in [9.17, 15) is 0 Å². The number of aromatic nitrogens is 1. The number of hydrogen-bond donors (Lipinski definition) is 2. The van der Waals surface area contributed by atoms with Crippen molar-refractivity contribution in [3.8, 4) is 0 Å². The van der Waals surface area contributed by atoms with E-state index < -0.39 is 0 Å². The van der Waals surface area contributed by atoms with Gasteiger partial charge >= 0.3 is 0 Å². The molecule has 100 valence electrons. The molecule has 2 aromatic rings. The molecule has 1 unspecified atom stereocenters. The fourth-order valence-corrected chi connectivity index (χ4v) is 2.65. The molecular weight excluding hydrogens is 326 g/mol. The molecule has 0 aliphatic rings. The van der Waals surface area contributed by atoms with Crippen LogP contribution in [-0.2, 0) is 0 Å². The maximum atomic E-state index is 6.03. The molecule has 2 rings (SSSR count). The van der Waals surface area contributed by atoms with Gasteiger partial charge in [-0.2, -0.15) is 0 Å². The van der Waals surface area contributed by atoms with Gasteiger partial charge in [0, 0.05) is 16.2 Å². The van der Waals surface area contributed by atoms with Crippen LogP contribution in [0.15, 0.2) is 34.9 Å². The summed E-state index contributed by atoms with van der Waals surface area (Å²) in [6.07, 6.45) is 1.72. The highest BCUT2D eigenvalue weighted by molar-refractivity contribution is 9.10. The lowest BCUT2D eigenvalue weighted by Gasteiger charge is -2.21. The fraction of sp³-hybridized carbons (Fsp3) is 0.214. The number of benzene rings is 1. The summed E-state index contributed by atoms with van der Waals surface area (Å²) in [5, 5.41) is 3.97. The van der Waals surface area contributed by atoms with Crippen molar-refractivity contribution in [1.29, 1.82) is 0 Å². The monoisotopic (exact) mass is 339 g/mol. The van der Waals surface area contributed by atoms with Crippen LogP contribution in [0.3, 0.4) is 0 Å². The van der Waals surface area contributed by atoms with E-state index in [1.54, 1.807) is 6.20 Å². The molecule has 0 bridgehead atoms. The minimum absolute atomic E-state index is 0.0118. The van der Waals surface area contributed by atoms with Crippen LogP contribution < -0.4 is 11.1 Å². The molecule has 19 heavy (non-hydrogen) atoms. The first-order valence-electron chi connectivity index (χ1n) is 5.87. The largest absolute Gasteiger partial charge is 0.383 e. The van der Waals surface area contributed by atoms with Gasteiger partial charge in [0.2, 0.25) is 0 Å². The molecule has 0 spiro atoms. The Balaban J connectivity index is 2.53. The number of anilines is 1. The van der Waals surface area contributed by atoms with Crippen molar-refractivity contribution in [2.45, 2.75) is 13.0 Å². The molecule has 0 fully saturated rings. The molecular formula is C14H15BrClN3. The van der Waals surface area contributed by atoms with Crippen LogP contribution in [-0.4, -0.2) is 12.0 Å². The van der Waals surface area contributed by atoms with Crippen molar-refractivity contribution in [3.63, 3.8) is 0 Å². The zero-order valence-electron chi connectivity index (χ0n) is 10.7. The Kier molecular flexibility index (Phi) is 4.45. The fourth-order valence-electron chi connectivity index (χ4n) is 2.14. The van der Waals surface area contributed by atoms with Gasteiger partial charge in [0.1, 0.15) is 5.82 Å². The lowest BCUT2D eigenvalue weighted by Crippen LogP contribution is -2.20. The molecule has 3 nitrogen and oxygen atoms in total. The molecule has 0 aliphatic heterocycles. The summed E-state index contributed by atoms with van der Waals surface area (Å²) in [5.41, 5.74) is 9.21. The number of nitrogens with two attached hydrogens (primary N) is 1. The molecule has 0 amide bonds. The predicted molar refractivity (Wildman–Crippen MR) is 83.4 cm³/mol. The van der Waals surface area contributed by atoms with Gasteiger partial charge in [0.05, 0.1) is 11.1 Å². The van der Waals surface area contributed by atoms with Gasteiger partial charge in [0.25, 0.3) is 0 Å². The second-order valence-electron chi connectivity index (χ2n) is 4.32. The third-order valence-corrected chi connectivity index (χ3v) is 4.31. The summed E-state index contributed by atoms with van der Waals surface area (Å²) < 4.78 is 0.868. The molecule has 0 aliphatic carbocycles. The van der Waals surface area contributed by atoms with Gasteiger partial charge < -0.3 is 11.1 Å². The average Bonchev–Trinajstić information content (AvgIpc) is 2.37. The van der Waals surface area contributed by atoms with Gasteiger partial charge in [0.15, 0.2) is 0 Å². The number of hydrogen-bond acceptors (Lipinski definition) is 3. The summed E-state index contributed by atoms with van der Waals surface area (Å²) in [7, 11) is 1.90. The normalized spacial score (nSPS) is 12.4. The molecule has 0 radical (unpaired) electrons. The van der Waals surface area contributed by atoms with E-state index in [1.807, 2.05) is 38.2 Å². The quantitative estimate of drug-likeness (QED) is 0.896. The van der Waals surface area contributed by atoms with Gasteiger partial charge in [-0.1, -0.05) is 17.7 Å². The topological polar surface area (TPSA) is 50.9 Å². The Hall–Kier alpha value is -1.10. The Morgan fingerprint density at radius 3 is 2.68 bits per heavy atom. The van der Waals surface area contributed by atoms with Crippen LogP contribution in [0, 0.1) is 6.92 Å². The minimum Gasteiger partial charge on any atom is -0.383 e. The molecule has 1 atom stereocenters. The number of aryl methyl sites for hydroxylation is 1. The summed E-state index contributed by atoms with van der Waals surface area (Å²) in [4.78, 5) is 4.17. The standard InChI is InChI=1S/C14H15BrClN3/c1-8-5-6-19-14(17)12(8)13(18-2)9-3-4-11(16)10(15)7-9/h3-7,13,18H,1-2H3,(H2,17,19). The molecule has 1 aromatic heterocycles. The minimum atomic E-state index is -0.0118. The smallest absolute Gasteiger partial charge is 0.128 e. The van der Waals surface area contributed by atoms with Crippen LogP contribution in [0.5, 0.6) is 0 Å². The van der Waals surface area contributed by atoms with Crippen molar-refractivity contribution in [2.24, 2.45) is 0 Å². The highest BCUT2D eigenvalue weighted by Crippen LogP contribution is 2.32. The highest BCUT2D eigenvalue weighted by atomic mass is 79.9. The van der Waals surface area contributed by atoms with Crippen molar-refractivity contribution >= 4 is 33.3 Å². The van der Waals surface area contributed by atoms with Crippen LogP contribution in [0.4, 0.5) is 5.82 Å². The van der Waals surface area contributed by atoms with E-state index in [0.717, 1.165) is 21.2 Å². The van der Waals surface area contributed by atoms with E-state index in [-0.39, 0.29) is 6.04 Å². The highest BCUT2D eigenvalue weighted by Gasteiger charge is 2.18. The Labute approximate surface area is 126 Å². The predicted octanol–water partition coefficient (Wildman–Crippen LogP) is 3.70. The molecule has 5 heteroatoms. The van der Waals surface area contributed by atoms with Crippen LogP contribution in [0.2, 0.25) is 5.02 Å². The number of rotatable bonds is 3. The Bertz CT molecular complexity index is 581. The van der Waals surface area contributed by atoms with Crippen molar-refractivity contribution in [2.75, 3.05) is 12.8 Å². The second kappa shape index (κ2) is 5.90. The van der Waals surface area contributed by atoms with E-state index in [4.69, 9.17) is 17.3 Å². The average molecular weight is 341 g/mol. The number of pyridine rings is 1. The van der Waals surface area contributed by atoms with E-state index >= 15 is 0 Å². The molecule has 3 N–H and O–H groups in total. The summed E-state index contributed by atoms with van der Waals surface area (Å²) in [5.74, 6) is 0.547. The van der Waals surface area contributed by atoms with E-state index in [0.29, 0.717) is 10.8 Å². The maximum Gasteiger partial charge on any atom is 0.128 e. The zero-order valence-corrected chi connectivity index (χ0v) is 13.1. The van der Waals surface area contributed by atoms with Crippen LogP contribution >= 0.6 is 27.5 Å². The van der Waals surface area contributed by atoms with Crippen LogP contribution in [0.1, 0.15) is 22.7 Å². The molecule has 0 saturated heterocycles. The maximum absolute atomic E-state index is 6.03. The summed E-state index contributed by atoms with van der Waals surface area (Å²) >= 11 is 9.48. The van der Waals surface area contributed by atoms with Crippen molar-refractivity contribution in [3.05, 3.63) is 56.6 Å². The van der Waals surface area contributed by atoms with E-state index in [2.05, 4.69) is 26.2 Å². The second-order valence-corrected chi connectivity index (χ2v) is 5.58. The SMILES string of the molecule is CNC(c1ccc(Cl)c(Br)c1)c1c(C)ccnc1N. The first-order valence-corrected chi connectivity index (χ1v) is 7.05. The number of nitrogens with one attached hydrogen (secondary N) is 1. The van der Waals surface area contributed by atoms with Gasteiger partial charge in [-0.3, -0.25) is 0 Å². The van der Waals surface area contributed by atoms with Crippen molar-refractivity contribution in [1.82, 2.24) is 10.3 Å². The Morgan fingerprint density at radius 2 is 2.11 bits per heavy atom. The summed E-state index contributed by atoms with van der Waals surface area (Å²) in [6, 6.07) is 7.80. The van der Waals surface area contributed by atoms with Gasteiger partial charge in [-0.05, 0) is 59.2 Å². The lowest BCUT2D eigenvalue weighted by atomic mass is 9.96. The van der Waals surface area contributed by atoms with Crippen LogP contribution in [0.25, 0.3) is 0 Å². The first kappa shape index (κ1) is 14.3. The summed E-state index contributed by atoms with van der Waals surface area (Å²) in [6.45, 7) is 2.03. The number of nitrogens with zero attached hydrogens (tertiary/aromatic N) is 1. The zero-order chi connectivity index (χ0) is 14.0. The van der Waals surface area contributed by atoms with E-state index in [1.165, 1.54) is 0 Å². The lowest BCUT2D eigenvalue weighted by molar-refractivity contribution is 0.686. The Morgan fingerprint density at radius 1 is 1.37 bits per heavy atom. The molecule has 1 aromatic carbocycles. The first-order chi connectivity index (χ1) is 9.04. The van der Waals surface area contributed by atoms with Gasteiger partial charge in [-0.25, -0.2) is 4.98 Å². The number of halogens is 2. The number of nitrogen functional groups attached to an aromatic ring is 1. The molecule has 1 heterocycles. The third kappa shape index (κ3) is 2.91. The molecule has 0 saturated carbocycles. The van der Waals surface area contributed by atoms with Crippen molar-refractivity contribution < 1.29 is 0 Å². The third-order valence-electron chi connectivity index (χ3n) is 3.09.